The summed E-state index contributed by atoms with van der Waals surface area (Å²) in [6.07, 6.45) is 0. The summed E-state index contributed by atoms with van der Waals surface area (Å²) < 4.78 is 76.8. The molecule has 0 amide bonds. The number of fused-ring (bicyclic) bond motifs is 3. The van der Waals surface area contributed by atoms with Crippen molar-refractivity contribution in [3.63, 3.8) is 0 Å². The molecule has 0 spiro atoms. The van der Waals surface area contributed by atoms with Crippen LogP contribution < -0.4 is 9.80 Å². The van der Waals surface area contributed by atoms with Gasteiger partial charge in [0.1, 0.15) is 0 Å². The molecule has 17 aromatic rings. The third kappa shape index (κ3) is 14.3. The minimum atomic E-state index is -0.542. The van der Waals surface area contributed by atoms with Gasteiger partial charge in [0.25, 0.3) is 0 Å². The topological polar surface area (TPSA) is 11.4 Å². The van der Waals surface area contributed by atoms with Crippen LogP contribution in [-0.4, -0.2) is 4.57 Å². The summed E-state index contributed by atoms with van der Waals surface area (Å²) in [6.45, 7) is 20.4. The predicted octanol–water partition coefficient (Wildman–Crippen LogP) is 30.6. The lowest BCUT2D eigenvalue weighted by molar-refractivity contribution is 0.590. The molecular formula is C108H91N3. The Kier molecular flexibility index (Phi) is 16.4. The molecule has 0 atom stereocenters. The number of aromatic nitrogens is 1. The molecule has 0 unspecified atom stereocenters. The van der Waals surface area contributed by atoms with Crippen molar-refractivity contribution in [3.05, 3.63) is 405 Å². The zero-order chi connectivity index (χ0) is 82.9. The van der Waals surface area contributed by atoms with Gasteiger partial charge in [-0.3, -0.25) is 0 Å². The fraction of sp³-hybridized carbons (Fsp3) is 0.111. The third-order valence-electron chi connectivity index (χ3n) is 21.4. The molecule has 3 heteroatoms. The fourth-order valence-electron chi connectivity index (χ4n) is 15.5. The van der Waals surface area contributed by atoms with Crippen LogP contribution in [0.2, 0.25) is 0 Å². The summed E-state index contributed by atoms with van der Waals surface area (Å²) in [5.41, 5.74) is 26.1. The van der Waals surface area contributed by atoms with Crippen LogP contribution in [0.4, 0.5) is 34.1 Å². The van der Waals surface area contributed by atoms with E-state index in [1.807, 2.05) is 30.3 Å². The highest BCUT2D eigenvalue weighted by Gasteiger charge is 2.32. The molecule has 16 aromatic carbocycles. The van der Waals surface area contributed by atoms with Crippen LogP contribution in [0.3, 0.4) is 0 Å². The molecule has 0 saturated heterocycles. The second-order valence-electron chi connectivity index (χ2n) is 32.0. The molecule has 0 N–H and O–H groups in total. The molecule has 1 heterocycles. The van der Waals surface area contributed by atoms with Gasteiger partial charge in [-0.15, -0.1) is 0 Å². The highest BCUT2D eigenvalue weighted by atomic mass is 15.2. The van der Waals surface area contributed by atoms with Crippen LogP contribution in [0.5, 0.6) is 0 Å². The summed E-state index contributed by atoms with van der Waals surface area (Å²) in [5.74, 6) is 0. The average Bonchev–Trinajstić information content (AvgIpc) is 1.38. The van der Waals surface area contributed by atoms with Gasteiger partial charge < -0.3 is 14.4 Å². The maximum atomic E-state index is 9.78. The number of hydrogen-bond donors (Lipinski definition) is 0. The molecule has 0 aliphatic carbocycles. The van der Waals surface area contributed by atoms with E-state index in [4.69, 9.17) is 2.74 Å². The van der Waals surface area contributed by atoms with Gasteiger partial charge in [-0.1, -0.05) is 335 Å². The van der Waals surface area contributed by atoms with E-state index in [2.05, 4.69) is 381 Å². The Morgan fingerprint density at radius 2 is 0.523 bits per heavy atom. The first-order valence-electron chi connectivity index (χ1n) is 42.3. The molecule has 1 aromatic heterocycles. The molecule has 111 heavy (non-hydrogen) atoms. The summed E-state index contributed by atoms with van der Waals surface area (Å²) in [5, 5.41) is -0.00575. The molecule has 0 aliphatic heterocycles. The highest BCUT2D eigenvalue weighted by Crippen LogP contribution is 2.55. The van der Waals surface area contributed by atoms with E-state index in [0.29, 0.717) is 11.4 Å². The van der Waals surface area contributed by atoms with E-state index < -0.39 is 41.7 Å². The molecule has 3 nitrogen and oxygen atoms in total. The molecule has 0 aliphatic rings. The Labute approximate surface area is 666 Å². The zero-order valence-electron chi connectivity index (χ0n) is 72.2. The number of para-hydroxylation sites is 2. The van der Waals surface area contributed by atoms with Gasteiger partial charge in [0.15, 0.2) is 0 Å². The van der Waals surface area contributed by atoms with Crippen molar-refractivity contribution >= 4 is 55.9 Å². The van der Waals surface area contributed by atoms with Gasteiger partial charge in [0.2, 0.25) is 0 Å². The van der Waals surface area contributed by atoms with Crippen molar-refractivity contribution in [1.82, 2.24) is 4.57 Å². The fourth-order valence-corrected chi connectivity index (χ4v) is 15.5. The minimum absolute atomic E-state index is 0.00288. The second kappa shape index (κ2) is 29.5. The van der Waals surface area contributed by atoms with Gasteiger partial charge in [-0.05, 0) is 226 Å². The third-order valence-corrected chi connectivity index (χ3v) is 21.4. The molecular weight excluding hydrogens is 1340 g/mol. The van der Waals surface area contributed by atoms with Crippen LogP contribution in [0, 0.1) is 0 Å². The normalized spacial score (nSPS) is 12.8. The van der Waals surface area contributed by atoms with Crippen LogP contribution in [-0.2, 0) is 16.2 Å². The maximum Gasteiger partial charge on any atom is 0.0645 e. The number of rotatable bonds is 16. The van der Waals surface area contributed by atoms with Crippen molar-refractivity contribution in [2.24, 2.45) is 0 Å². The van der Waals surface area contributed by atoms with Crippen molar-refractivity contribution in [1.29, 1.82) is 0 Å². The van der Waals surface area contributed by atoms with Crippen molar-refractivity contribution < 1.29 is 11.0 Å². The molecule has 0 saturated carbocycles. The molecule has 17 rings (SSSR count). The Morgan fingerprint density at radius 3 is 0.910 bits per heavy atom. The van der Waals surface area contributed by atoms with Crippen LogP contribution in [0.25, 0.3) is 128 Å². The Hall–Kier alpha value is -13.1. The van der Waals surface area contributed by atoms with Crippen LogP contribution >= 0.6 is 0 Å². The number of nitrogens with zero attached hydrogens (tertiary/aromatic N) is 3. The molecule has 0 fully saturated rings. The Bertz CT molecular complexity index is 6430. The standard InChI is InChI=1S/C108H91N3/c1-106(2,3)88-66-94(73-95(67-88)110(92-51-34-52-93(72-92)111-102-55-30-28-53-96(102)97-54-29-31-56-103(97)111)104-98(79-43-24-14-25-44-79)68-89(107(4,5)6)69-99(104)80-45-26-15-27-46-80)109(91-59-57-78(58-60-91)87-64-85(76-39-20-12-21-40-76)63-86(65-87)77-41-22-13-23-42-77)105-100(83-49-32-47-81(61-83)74-35-16-10-17-36-74)70-90(108(7,8)9)71-101(105)84-50-33-48-82(62-84)75-37-18-11-19-38-75/h10-73H,1-9H3/i28D,29D,30D,31D,53D,54D,55D,56D. The van der Waals surface area contributed by atoms with E-state index in [1.54, 1.807) is 4.57 Å². The maximum absolute atomic E-state index is 9.78. The molecule has 538 valence electrons. The lowest BCUT2D eigenvalue weighted by atomic mass is 9.81. The molecule has 0 bridgehead atoms. The summed E-state index contributed by atoms with van der Waals surface area (Å²) >= 11 is 0. The van der Waals surface area contributed by atoms with E-state index in [0.717, 1.165) is 145 Å². The first kappa shape index (κ1) is 61.9. The lowest BCUT2D eigenvalue weighted by Gasteiger charge is -2.36. The number of anilines is 6. The predicted molar refractivity (Wildman–Crippen MR) is 475 cm³/mol. The zero-order valence-corrected chi connectivity index (χ0v) is 64.2. The average molecular weight is 1440 g/mol. The van der Waals surface area contributed by atoms with E-state index in [-0.39, 0.29) is 44.7 Å². The van der Waals surface area contributed by atoms with Gasteiger partial charge in [0.05, 0.1) is 33.4 Å². The van der Waals surface area contributed by atoms with Gasteiger partial charge in [-0.2, -0.15) is 0 Å². The smallest absolute Gasteiger partial charge is 0.0645 e. The van der Waals surface area contributed by atoms with Gasteiger partial charge in [-0.25, -0.2) is 0 Å². The summed E-state index contributed by atoms with van der Waals surface area (Å²) in [7, 11) is 0. The monoisotopic (exact) mass is 1440 g/mol. The first-order valence-corrected chi connectivity index (χ1v) is 38.3. The second-order valence-corrected chi connectivity index (χ2v) is 32.0. The van der Waals surface area contributed by atoms with Gasteiger partial charge >= 0.3 is 0 Å². The number of hydrogen-bond acceptors (Lipinski definition) is 2. The molecule has 0 radical (unpaired) electrons. The minimum Gasteiger partial charge on any atom is -0.309 e. The highest BCUT2D eigenvalue weighted by molar-refractivity contribution is 6.10. The van der Waals surface area contributed by atoms with E-state index in [9.17, 15) is 8.22 Å². The Balaban J connectivity index is 1.03. The largest absolute Gasteiger partial charge is 0.309 e. The lowest BCUT2D eigenvalue weighted by Crippen LogP contribution is -2.20. The Morgan fingerprint density at radius 1 is 0.225 bits per heavy atom. The quantitative estimate of drug-likeness (QED) is 0.0955. The summed E-state index contributed by atoms with van der Waals surface area (Å²) in [4.78, 5) is 4.84. The van der Waals surface area contributed by atoms with Crippen LogP contribution in [0.1, 0.15) is 90.0 Å². The summed E-state index contributed by atoms with van der Waals surface area (Å²) in [6, 6.07) is 118. The number of benzene rings is 16. The van der Waals surface area contributed by atoms with Crippen molar-refractivity contribution in [2.45, 2.75) is 78.6 Å². The van der Waals surface area contributed by atoms with Gasteiger partial charge in [0, 0.05) is 61.5 Å². The van der Waals surface area contributed by atoms with Crippen molar-refractivity contribution in [3.8, 4) is 106 Å². The van der Waals surface area contributed by atoms with E-state index in [1.165, 1.54) is 0 Å². The first-order chi connectivity index (χ1) is 57.2. The van der Waals surface area contributed by atoms with Crippen LogP contribution in [0.15, 0.2) is 388 Å². The van der Waals surface area contributed by atoms with Crippen molar-refractivity contribution in [2.75, 3.05) is 9.80 Å². The SMILES string of the molecule is [2H]c1c([2H])c([2H])c2c(c1[2H])c1c([2H])c([2H])c([2H])c([2H])c1n2-c1cccc(N(c2cc(N(c3ccc(-c4cc(-c5ccccc5)cc(-c5ccccc5)c4)cc3)c3c(-c4cccc(-c5ccccc5)c4)cc(C(C)(C)C)cc3-c3cccc(-c4ccccc4)c3)cc(C(C)(C)C)c2)c2c(-c3ccccc3)cc(C(C)(C)C)cc2-c2ccccc2)c1. The van der Waals surface area contributed by atoms with E-state index >= 15 is 0 Å².